The predicted octanol–water partition coefficient (Wildman–Crippen LogP) is 2.35. The van der Waals surface area contributed by atoms with Crippen LogP contribution in [0.5, 0.6) is 5.75 Å². The second-order valence-corrected chi connectivity index (χ2v) is 6.02. The van der Waals surface area contributed by atoms with E-state index in [4.69, 9.17) is 4.74 Å². The number of benzene rings is 2. The minimum atomic E-state index is -0.802. The third-order valence-corrected chi connectivity index (χ3v) is 4.00. The lowest BCUT2D eigenvalue weighted by Crippen LogP contribution is -2.44. The Balaban J connectivity index is 1.94. The van der Waals surface area contributed by atoms with Gasteiger partial charge in [-0.05, 0) is 37.1 Å². The van der Waals surface area contributed by atoms with Crippen molar-refractivity contribution in [2.24, 2.45) is 0 Å². The van der Waals surface area contributed by atoms with Gasteiger partial charge in [-0.15, -0.1) is 0 Å². The number of amides is 2. The molecule has 0 bridgehead atoms. The Morgan fingerprint density at radius 2 is 1.96 bits per heavy atom. The molecule has 2 N–H and O–H groups in total. The fourth-order valence-corrected chi connectivity index (χ4v) is 2.42. The average Bonchev–Trinajstić information content (AvgIpc) is 2.66. The summed E-state index contributed by atoms with van der Waals surface area (Å²) in [6, 6.07) is 10.1. The minimum Gasteiger partial charge on any atom is -0.496 e. The van der Waals surface area contributed by atoms with Gasteiger partial charge in [0.15, 0.2) is 0 Å². The van der Waals surface area contributed by atoms with Crippen LogP contribution in [0.25, 0.3) is 0 Å². The molecule has 0 aliphatic carbocycles. The Bertz CT molecular complexity index is 866. The van der Waals surface area contributed by atoms with Gasteiger partial charge in [0, 0.05) is 24.2 Å². The van der Waals surface area contributed by atoms with Crippen molar-refractivity contribution in [2.45, 2.75) is 26.4 Å². The lowest BCUT2D eigenvalue weighted by molar-refractivity contribution is -0.384. The summed E-state index contributed by atoms with van der Waals surface area (Å²) >= 11 is 0. The molecule has 2 amide bonds. The first-order valence-corrected chi connectivity index (χ1v) is 8.28. The molecule has 0 spiro atoms. The third kappa shape index (κ3) is 5.27. The van der Waals surface area contributed by atoms with Crippen LogP contribution in [0, 0.1) is 17.0 Å². The summed E-state index contributed by atoms with van der Waals surface area (Å²) in [7, 11) is 1.58. The molecule has 0 radical (unpaired) electrons. The van der Waals surface area contributed by atoms with Crippen molar-refractivity contribution in [3.8, 4) is 5.75 Å². The number of nitrogens with one attached hydrogen (secondary N) is 2. The lowest BCUT2D eigenvalue weighted by atomic mass is 10.1. The second-order valence-electron chi connectivity index (χ2n) is 6.02. The van der Waals surface area contributed by atoms with Gasteiger partial charge in [-0.25, -0.2) is 0 Å². The highest BCUT2D eigenvalue weighted by atomic mass is 16.6. The Morgan fingerprint density at radius 1 is 1.22 bits per heavy atom. The van der Waals surface area contributed by atoms with Crippen LogP contribution in [0.3, 0.4) is 0 Å². The van der Waals surface area contributed by atoms with Crippen molar-refractivity contribution in [1.29, 1.82) is 0 Å². The minimum absolute atomic E-state index is 0.118. The van der Waals surface area contributed by atoms with Crippen molar-refractivity contribution in [1.82, 2.24) is 10.6 Å². The number of rotatable bonds is 7. The summed E-state index contributed by atoms with van der Waals surface area (Å²) in [5.41, 5.74) is 1.79. The highest BCUT2D eigenvalue weighted by molar-refractivity contribution is 5.97. The topological polar surface area (TPSA) is 111 Å². The molecule has 1 unspecified atom stereocenters. The number of hydrogen-bond acceptors (Lipinski definition) is 5. The number of nitro benzene ring substituents is 1. The number of aryl methyl sites for hydroxylation is 1. The van der Waals surface area contributed by atoms with Gasteiger partial charge in [-0.2, -0.15) is 0 Å². The first kappa shape index (κ1) is 19.9. The van der Waals surface area contributed by atoms with Crippen molar-refractivity contribution in [2.75, 3.05) is 7.11 Å². The molecule has 8 nitrogen and oxygen atoms in total. The number of carbonyl (C=O) groups is 2. The van der Waals surface area contributed by atoms with E-state index < -0.39 is 16.9 Å². The SMILES string of the molecule is COc1cc(CNC(=O)C(C)NC(=O)c2cccc([N+](=O)[O-])c2)ccc1C. The molecule has 2 aromatic carbocycles. The average molecular weight is 371 g/mol. The van der Waals surface area contributed by atoms with Gasteiger partial charge in [-0.3, -0.25) is 19.7 Å². The zero-order valence-electron chi connectivity index (χ0n) is 15.3. The maximum absolute atomic E-state index is 12.2. The van der Waals surface area contributed by atoms with E-state index in [1.54, 1.807) is 14.0 Å². The molecule has 0 saturated carbocycles. The Morgan fingerprint density at radius 3 is 2.63 bits per heavy atom. The van der Waals surface area contributed by atoms with Crippen LogP contribution in [0.1, 0.15) is 28.4 Å². The summed E-state index contributed by atoms with van der Waals surface area (Å²) in [5.74, 6) is -0.194. The van der Waals surface area contributed by atoms with E-state index in [9.17, 15) is 19.7 Å². The van der Waals surface area contributed by atoms with Gasteiger partial charge < -0.3 is 15.4 Å². The van der Waals surface area contributed by atoms with Crippen LogP contribution in [-0.4, -0.2) is 29.9 Å². The quantitative estimate of drug-likeness (QED) is 0.573. The summed E-state index contributed by atoms with van der Waals surface area (Å²) < 4.78 is 5.25. The van der Waals surface area contributed by atoms with E-state index in [1.807, 2.05) is 25.1 Å². The number of carbonyl (C=O) groups excluding carboxylic acids is 2. The molecule has 0 aromatic heterocycles. The number of nitrogens with zero attached hydrogens (tertiary/aromatic N) is 1. The normalized spacial score (nSPS) is 11.4. The van der Waals surface area contributed by atoms with Crippen molar-refractivity contribution < 1.29 is 19.2 Å². The molecule has 0 aliphatic rings. The van der Waals surface area contributed by atoms with Crippen molar-refractivity contribution in [3.63, 3.8) is 0 Å². The van der Waals surface area contributed by atoms with Crippen molar-refractivity contribution in [3.05, 3.63) is 69.3 Å². The van der Waals surface area contributed by atoms with Crippen LogP contribution in [0.4, 0.5) is 5.69 Å². The van der Waals surface area contributed by atoms with Crippen LogP contribution in [-0.2, 0) is 11.3 Å². The molecule has 2 rings (SSSR count). The summed E-state index contributed by atoms with van der Waals surface area (Å²) in [6.45, 7) is 3.75. The Hall–Kier alpha value is -3.42. The summed E-state index contributed by atoms with van der Waals surface area (Å²) in [6.07, 6.45) is 0. The molecule has 1 atom stereocenters. The maximum Gasteiger partial charge on any atom is 0.270 e. The molecule has 0 saturated heterocycles. The van der Waals surface area contributed by atoms with Crippen LogP contribution < -0.4 is 15.4 Å². The largest absolute Gasteiger partial charge is 0.496 e. The third-order valence-electron chi connectivity index (χ3n) is 4.00. The molecule has 8 heteroatoms. The van der Waals surface area contributed by atoms with E-state index in [0.29, 0.717) is 0 Å². The number of non-ortho nitro benzene ring substituents is 1. The maximum atomic E-state index is 12.2. The van der Waals surface area contributed by atoms with E-state index in [-0.39, 0.29) is 23.7 Å². The molecular weight excluding hydrogens is 350 g/mol. The smallest absolute Gasteiger partial charge is 0.270 e. The molecule has 142 valence electrons. The molecule has 2 aromatic rings. The van der Waals surface area contributed by atoms with E-state index in [1.165, 1.54) is 24.3 Å². The van der Waals surface area contributed by atoms with Gasteiger partial charge in [0.2, 0.25) is 5.91 Å². The standard InChI is InChI=1S/C19H21N3O5/c1-12-7-8-14(9-17(12)27-3)11-20-18(23)13(2)21-19(24)15-5-4-6-16(10-15)22(25)26/h4-10,13H,11H2,1-3H3,(H,20,23)(H,21,24). The van der Waals surface area contributed by atoms with Gasteiger partial charge >= 0.3 is 0 Å². The van der Waals surface area contributed by atoms with Crippen LogP contribution in [0.15, 0.2) is 42.5 Å². The first-order chi connectivity index (χ1) is 12.8. The molecule has 27 heavy (non-hydrogen) atoms. The molecule has 0 fully saturated rings. The summed E-state index contributed by atoms with van der Waals surface area (Å²) in [5, 5.41) is 16.1. The monoisotopic (exact) mass is 371 g/mol. The van der Waals surface area contributed by atoms with Crippen molar-refractivity contribution >= 4 is 17.5 Å². The van der Waals surface area contributed by atoms with Crippen LogP contribution in [0.2, 0.25) is 0 Å². The lowest BCUT2D eigenvalue weighted by Gasteiger charge is -2.15. The van der Waals surface area contributed by atoms with E-state index in [2.05, 4.69) is 10.6 Å². The Labute approximate surface area is 156 Å². The van der Waals surface area contributed by atoms with Crippen LogP contribution >= 0.6 is 0 Å². The highest BCUT2D eigenvalue weighted by Gasteiger charge is 2.18. The van der Waals surface area contributed by atoms with Gasteiger partial charge in [0.25, 0.3) is 11.6 Å². The zero-order valence-corrected chi connectivity index (χ0v) is 15.3. The highest BCUT2D eigenvalue weighted by Crippen LogP contribution is 2.18. The second kappa shape index (κ2) is 8.79. The fourth-order valence-electron chi connectivity index (χ4n) is 2.42. The first-order valence-electron chi connectivity index (χ1n) is 8.28. The molecular formula is C19H21N3O5. The van der Waals surface area contributed by atoms with E-state index >= 15 is 0 Å². The Kier molecular flexibility index (Phi) is 6.48. The van der Waals surface area contributed by atoms with E-state index in [0.717, 1.165) is 16.9 Å². The predicted molar refractivity (Wildman–Crippen MR) is 99.6 cm³/mol. The zero-order chi connectivity index (χ0) is 20.0. The number of methoxy groups -OCH3 is 1. The summed E-state index contributed by atoms with van der Waals surface area (Å²) in [4.78, 5) is 34.6. The fraction of sp³-hybridized carbons (Fsp3) is 0.263. The van der Waals surface area contributed by atoms with Gasteiger partial charge in [-0.1, -0.05) is 18.2 Å². The number of ether oxygens (including phenoxy) is 1. The van der Waals surface area contributed by atoms with Gasteiger partial charge in [0.05, 0.1) is 12.0 Å². The molecule has 0 heterocycles. The number of nitro groups is 1. The van der Waals surface area contributed by atoms with Gasteiger partial charge in [0.1, 0.15) is 11.8 Å². The number of hydrogen-bond donors (Lipinski definition) is 2. The molecule has 0 aliphatic heterocycles.